The second-order valence-electron chi connectivity index (χ2n) is 7.72. The lowest BCUT2D eigenvalue weighted by molar-refractivity contribution is 0.0462. The fourth-order valence-corrected chi connectivity index (χ4v) is 5.31. The van der Waals surface area contributed by atoms with Crippen molar-refractivity contribution in [1.82, 2.24) is 25.4 Å². The Bertz CT molecular complexity index is 952. The summed E-state index contributed by atoms with van der Waals surface area (Å²) in [5, 5.41) is 14.3. The van der Waals surface area contributed by atoms with Gasteiger partial charge in [0, 0.05) is 40.7 Å². The Balaban J connectivity index is 1.38. The molecule has 1 aromatic carbocycles. The van der Waals surface area contributed by atoms with Crippen LogP contribution in [0.15, 0.2) is 29.8 Å². The van der Waals surface area contributed by atoms with Crippen molar-refractivity contribution in [2.45, 2.75) is 50.2 Å². The molecule has 4 heterocycles. The monoisotopic (exact) mass is 381 g/mol. The predicted octanol–water partition coefficient (Wildman–Crippen LogP) is 3.43. The molecule has 0 radical (unpaired) electrons. The number of hydrogen-bond donors (Lipinski definition) is 2. The lowest BCUT2D eigenvalue weighted by Gasteiger charge is -2.47. The summed E-state index contributed by atoms with van der Waals surface area (Å²) in [6.07, 6.45) is 7.65. The van der Waals surface area contributed by atoms with Crippen molar-refractivity contribution in [2.24, 2.45) is 0 Å². The van der Waals surface area contributed by atoms with E-state index in [1.165, 1.54) is 19.3 Å². The molecule has 2 saturated heterocycles. The molecule has 1 amide bonds. The molecule has 2 atom stereocenters. The molecule has 2 aliphatic heterocycles. The fraction of sp³-hybridized carbons (Fsp3) is 0.450. The number of piperidine rings is 2. The number of aromatic amines is 1. The van der Waals surface area contributed by atoms with E-state index in [9.17, 15) is 4.79 Å². The van der Waals surface area contributed by atoms with Crippen LogP contribution < -0.4 is 5.32 Å². The topological polar surface area (TPSA) is 73.9 Å². The van der Waals surface area contributed by atoms with Crippen molar-refractivity contribution in [3.05, 3.63) is 35.5 Å². The number of rotatable bonds is 3. The fourth-order valence-electron chi connectivity index (χ4n) is 4.67. The molecule has 27 heavy (non-hydrogen) atoms. The number of fused-ring (bicyclic) bond motifs is 3. The highest BCUT2D eigenvalue weighted by Gasteiger charge is 2.36. The summed E-state index contributed by atoms with van der Waals surface area (Å²) < 4.78 is 0. The highest BCUT2D eigenvalue weighted by Crippen LogP contribution is 2.33. The number of nitrogens with zero attached hydrogens (tertiary/aromatic N) is 3. The van der Waals surface area contributed by atoms with Crippen LogP contribution in [0.2, 0.25) is 0 Å². The van der Waals surface area contributed by atoms with E-state index >= 15 is 0 Å². The molecular formula is C20H23N5OS. The highest BCUT2D eigenvalue weighted by atomic mass is 32.1. The molecule has 0 saturated carbocycles. The van der Waals surface area contributed by atoms with Crippen molar-refractivity contribution >= 4 is 28.1 Å². The molecule has 0 aliphatic carbocycles. The molecule has 2 aromatic heterocycles. The van der Waals surface area contributed by atoms with Gasteiger partial charge in [0.1, 0.15) is 5.01 Å². The maximum atomic E-state index is 13.0. The number of hydrogen-bond acceptors (Lipinski definition) is 5. The predicted molar refractivity (Wildman–Crippen MR) is 107 cm³/mol. The summed E-state index contributed by atoms with van der Waals surface area (Å²) in [7, 11) is 2.23. The SMILES string of the molecule is CN1C2CCCC1CC(NC(=O)c1n[nH]c3ccc(-c4nccs4)cc13)C2. The van der Waals surface area contributed by atoms with E-state index in [0.29, 0.717) is 17.8 Å². The molecule has 2 bridgehead atoms. The zero-order valence-electron chi connectivity index (χ0n) is 15.3. The van der Waals surface area contributed by atoms with Crippen molar-refractivity contribution in [3.8, 4) is 10.6 Å². The van der Waals surface area contributed by atoms with Gasteiger partial charge in [0.25, 0.3) is 5.91 Å². The first-order chi connectivity index (χ1) is 13.2. The van der Waals surface area contributed by atoms with Crippen LogP contribution in [0.5, 0.6) is 0 Å². The third-order valence-electron chi connectivity index (χ3n) is 6.13. The Hall–Kier alpha value is -2.25. The summed E-state index contributed by atoms with van der Waals surface area (Å²) in [4.78, 5) is 19.8. The average Bonchev–Trinajstić information content (AvgIpc) is 3.31. The van der Waals surface area contributed by atoms with E-state index in [1.807, 2.05) is 23.6 Å². The lowest BCUT2D eigenvalue weighted by Crippen LogP contribution is -2.55. The van der Waals surface area contributed by atoms with E-state index < -0.39 is 0 Å². The lowest BCUT2D eigenvalue weighted by atomic mass is 9.82. The van der Waals surface area contributed by atoms with Gasteiger partial charge in [-0.15, -0.1) is 11.3 Å². The quantitative estimate of drug-likeness (QED) is 0.729. The van der Waals surface area contributed by atoms with Crippen LogP contribution in [0.1, 0.15) is 42.6 Å². The highest BCUT2D eigenvalue weighted by molar-refractivity contribution is 7.13. The number of nitrogens with one attached hydrogen (secondary N) is 2. The van der Waals surface area contributed by atoms with Crippen LogP contribution in [-0.2, 0) is 0 Å². The van der Waals surface area contributed by atoms with Crippen LogP contribution in [0.25, 0.3) is 21.5 Å². The summed E-state index contributed by atoms with van der Waals surface area (Å²) in [5.41, 5.74) is 2.37. The molecule has 5 rings (SSSR count). The van der Waals surface area contributed by atoms with Crippen LogP contribution >= 0.6 is 11.3 Å². The van der Waals surface area contributed by atoms with Gasteiger partial charge in [0.2, 0.25) is 0 Å². The standard InChI is InChI=1S/C20H23N5OS/c1-25-14-3-2-4-15(25)11-13(10-14)22-19(26)18-16-9-12(20-21-7-8-27-20)5-6-17(16)23-24-18/h5-9,13-15H,2-4,10-11H2,1H3,(H,22,26)(H,23,24). The maximum Gasteiger partial charge on any atom is 0.272 e. The molecule has 3 aromatic rings. The number of H-pyrrole nitrogens is 1. The van der Waals surface area contributed by atoms with E-state index in [0.717, 1.165) is 34.3 Å². The normalized spacial score (nSPS) is 25.6. The Morgan fingerprint density at radius 2 is 2.11 bits per heavy atom. The molecule has 2 aliphatic rings. The van der Waals surface area contributed by atoms with Gasteiger partial charge >= 0.3 is 0 Å². The van der Waals surface area contributed by atoms with Gasteiger partial charge in [-0.1, -0.05) is 6.42 Å². The molecule has 2 unspecified atom stereocenters. The summed E-state index contributed by atoms with van der Waals surface area (Å²) in [6.45, 7) is 0. The number of benzene rings is 1. The Morgan fingerprint density at radius 1 is 1.30 bits per heavy atom. The minimum Gasteiger partial charge on any atom is -0.348 e. The van der Waals surface area contributed by atoms with Crippen molar-refractivity contribution in [1.29, 1.82) is 0 Å². The van der Waals surface area contributed by atoms with Gasteiger partial charge in [-0.3, -0.25) is 9.89 Å². The van der Waals surface area contributed by atoms with Crippen LogP contribution in [0, 0.1) is 0 Å². The first kappa shape index (κ1) is 16.9. The Morgan fingerprint density at radius 3 is 2.85 bits per heavy atom. The molecule has 2 N–H and O–H groups in total. The number of amides is 1. The van der Waals surface area contributed by atoms with E-state index in [-0.39, 0.29) is 11.9 Å². The van der Waals surface area contributed by atoms with Gasteiger partial charge in [-0.05, 0) is 50.9 Å². The third-order valence-corrected chi connectivity index (χ3v) is 6.95. The summed E-state index contributed by atoms with van der Waals surface area (Å²) in [5.74, 6) is -0.0786. The number of carbonyl (C=O) groups excluding carboxylic acids is 1. The molecule has 0 spiro atoms. The first-order valence-electron chi connectivity index (χ1n) is 9.60. The van der Waals surface area contributed by atoms with Gasteiger partial charge in [-0.25, -0.2) is 4.98 Å². The minimum absolute atomic E-state index is 0.0786. The third kappa shape index (κ3) is 3.04. The van der Waals surface area contributed by atoms with Crippen molar-refractivity contribution in [3.63, 3.8) is 0 Å². The van der Waals surface area contributed by atoms with Crippen molar-refractivity contribution in [2.75, 3.05) is 7.05 Å². The zero-order valence-corrected chi connectivity index (χ0v) is 16.1. The van der Waals surface area contributed by atoms with Crippen LogP contribution in [0.4, 0.5) is 0 Å². The molecular weight excluding hydrogens is 358 g/mol. The Labute approximate surface area is 162 Å². The first-order valence-corrected chi connectivity index (χ1v) is 10.5. The zero-order chi connectivity index (χ0) is 18.4. The maximum absolute atomic E-state index is 13.0. The van der Waals surface area contributed by atoms with Crippen LogP contribution in [0.3, 0.4) is 0 Å². The van der Waals surface area contributed by atoms with Gasteiger partial charge < -0.3 is 10.2 Å². The van der Waals surface area contributed by atoms with Crippen molar-refractivity contribution < 1.29 is 4.79 Å². The van der Waals surface area contributed by atoms with E-state index in [2.05, 4.69) is 32.4 Å². The van der Waals surface area contributed by atoms with Gasteiger partial charge in [0.05, 0.1) is 5.52 Å². The molecule has 7 heteroatoms. The molecule has 6 nitrogen and oxygen atoms in total. The van der Waals surface area contributed by atoms with Crippen LogP contribution in [-0.4, -0.2) is 51.2 Å². The summed E-state index contributed by atoms with van der Waals surface area (Å²) in [6, 6.07) is 7.41. The second kappa shape index (κ2) is 6.73. The number of carbonyl (C=O) groups is 1. The summed E-state index contributed by atoms with van der Waals surface area (Å²) >= 11 is 1.59. The average molecular weight is 382 g/mol. The molecule has 2 fully saturated rings. The molecule has 140 valence electrons. The van der Waals surface area contributed by atoms with Gasteiger partial charge in [-0.2, -0.15) is 5.10 Å². The number of aromatic nitrogens is 3. The minimum atomic E-state index is -0.0786. The second-order valence-corrected chi connectivity index (χ2v) is 8.61. The number of thiazole rings is 1. The smallest absolute Gasteiger partial charge is 0.272 e. The Kier molecular flexibility index (Phi) is 4.21. The van der Waals surface area contributed by atoms with E-state index in [1.54, 1.807) is 17.5 Å². The van der Waals surface area contributed by atoms with Gasteiger partial charge in [0.15, 0.2) is 5.69 Å². The van der Waals surface area contributed by atoms with E-state index in [4.69, 9.17) is 0 Å². The largest absolute Gasteiger partial charge is 0.348 e.